The third-order valence-corrected chi connectivity index (χ3v) is 5.37. The number of ether oxygens (including phenoxy) is 3. The number of carbonyl (C=O) groups is 2. The molecule has 2 N–H and O–H groups in total. The number of carbonyl (C=O) groups excluding carboxylic acids is 2. The van der Waals surface area contributed by atoms with Crippen LogP contribution >= 0.6 is 0 Å². The summed E-state index contributed by atoms with van der Waals surface area (Å²) in [5.74, 6) is -1.53. The Morgan fingerprint density at radius 3 is 2.47 bits per heavy atom. The Kier molecular flexibility index (Phi) is 9.13. The minimum atomic E-state index is -0.903. The van der Waals surface area contributed by atoms with Crippen molar-refractivity contribution in [2.45, 2.75) is 26.5 Å². The van der Waals surface area contributed by atoms with Gasteiger partial charge in [0.25, 0.3) is 0 Å². The number of hydrogen-bond acceptors (Lipinski definition) is 6. The first-order valence-electron chi connectivity index (χ1n) is 11.2. The van der Waals surface area contributed by atoms with E-state index in [1.54, 1.807) is 39.5 Å². The molecule has 1 unspecified atom stereocenters. The first-order valence-corrected chi connectivity index (χ1v) is 11.2. The van der Waals surface area contributed by atoms with Crippen LogP contribution in [0.1, 0.15) is 23.7 Å². The Hall–Kier alpha value is -4.24. The van der Waals surface area contributed by atoms with Gasteiger partial charge >= 0.3 is 11.8 Å². The van der Waals surface area contributed by atoms with Crippen LogP contribution in [-0.4, -0.2) is 37.1 Å². The van der Waals surface area contributed by atoms with Gasteiger partial charge in [0.1, 0.15) is 17.6 Å². The van der Waals surface area contributed by atoms with Crippen molar-refractivity contribution in [2.24, 2.45) is 0 Å². The topological polar surface area (TPSA) is 98.8 Å². The molecule has 1 atom stereocenters. The van der Waals surface area contributed by atoms with Crippen LogP contribution in [0, 0.1) is 12.7 Å². The van der Waals surface area contributed by atoms with Gasteiger partial charge < -0.3 is 24.8 Å². The molecule has 1 heterocycles. The predicted octanol–water partition coefficient (Wildman–Crippen LogP) is 4.60. The third kappa shape index (κ3) is 6.89. The number of methoxy groups -OCH3 is 2. The van der Waals surface area contributed by atoms with Crippen LogP contribution in [0.2, 0.25) is 0 Å². The van der Waals surface area contributed by atoms with E-state index in [0.29, 0.717) is 22.8 Å². The second-order valence-corrected chi connectivity index (χ2v) is 7.82. The molecule has 8 nitrogen and oxygen atoms in total. The summed E-state index contributed by atoms with van der Waals surface area (Å²) < 4.78 is 31.2. The zero-order chi connectivity index (χ0) is 26.1. The zero-order valence-corrected chi connectivity index (χ0v) is 20.5. The number of benzene rings is 2. The molecular weight excluding hydrogens is 465 g/mol. The lowest BCUT2D eigenvalue weighted by molar-refractivity contribution is -0.136. The van der Waals surface area contributed by atoms with Crippen LogP contribution in [0.4, 0.5) is 10.1 Å². The Bertz CT molecular complexity index is 1250. The van der Waals surface area contributed by atoms with Crippen LogP contribution in [-0.2, 0) is 25.6 Å². The summed E-state index contributed by atoms with van der Waals surface area (Å²) in [5.41, 5.74) is 2.22. The van der Waals surface area contributed by atoms with E-state index < -0.39 is 17.6 Å². The van der Waals surface area contributed by atoms with Crippen molar-refractivity contribution >= 4 is 23.6 Å². The van der Waals surface area contributed by atoms with Gasteiger partial charge in [-0.25, -0.2) is 4.39 Å². The summed E-state index contributed by atoms with van der Waals surface area (Å²) in [5, 5.41) is 4.90. The van der Waals surface area contributed by atoms with E-state index in [9.17, 15) is 14.0 Å². The molecule has 36 heavy (non-hydrogen) atoms. The summed E-state index contributed by atoms with van der Waals surface area (Å²) in [6.45, 7) is 3.83. The molecular formula is C27H28FN3O5. The maximum absolute atomic E-state index is 14.8. The molecule has 2 aromatic carbocycles. The molecule has 0 aliphatic heterocycles. The fraction of sp³-hybridized carbons (Fsp3) is 0.222. The van der Waals surface area contributed by atoms with Crippen molar-refractivity contribution in [1.82, 2.24) is 10.3 Å². The number of halogens is 1. The van der Waals surface area contributed by atoms with E-state index in [0.717, 1.165) is 11.6 Å². The maximum Gasteiger partial charge on any atom is 0.313 e. The van der Waals surface area contributed by atoms with Gasteiger partial charge in [-0.15, -0.1) is 0 Å². The minimum absolute atomic E-state index is 0.0528. The smallest absolute Gasteiger partial charge is 0.313 e. The van der Waals surface area contributed by atoms with Crippen LogP contribution in [0.15, 0.2) is 66.6 Å². The largest absolute Gasteiger partial charge is 0.498 e. The second-order valence-electron chi connectivity index (χ2n) is 7.82. The fourth-order valence-electron chi connectivity index (χ4n) is 3.21. The molecule has 0 radical (unpaired) electrons. The van der Waals surface area contributed by atoms with Crippen LogP contribution in [0.25, 0.3) is 6.08 Å². The van der Waals surface area contributed by atoms with Crippen LogP contribution in [0.5, 0.6) is 11.5 Å². The Balaban J connectivity index is 1.67. The molecule has 0 aliphatic rings. The lowest BCUT2D eigenvalue weighted by Crippen LogP contribution is -2.34. The van der Waals surface area contributed by atoms with Crippen molar-refractivity contribution in [3.8, 4) is 11.5 Å². The van der Waals surface area contributed by atoms with Gasteiger partial charge in [0.2, 0.25) is 0 Å². The number of hydrogen-bond donors (Lipinski definition) is 2. The number of nitrogens with zero attached hydrogens (tertiary/aromatic N) is 1. The molecule has 0 fully saturated rings. The molecule has 3 rings (SSSR count). The Morgan fingerprint density at radius 1 is 1.06 bits per heavy atom. The van der Waals surface area contributed by atoms with Crippen LogP contribution < -0.4 is 15.4 Å². The maximum atomic E-state index is 14.8. The number of aromatic nitrogens is 1. The fourth-order valence-corrected chi connectivity index (χ4v) is 3.21. The number of rotatable bonds is 9. The summed E-state index contributed by atoms with van der Waals surface area (Å²) in [4.78, 5) is 28.6. The monoisotopic (exact) mass is 493 g/mol. The lowest BCUT2D eigenvalue weighted by Gasteiger charge is -2.15. The first kappa shape index (κ1) is 26.4. The molecule has 1 aromatic heterocycles. The van der Waals surface area contributed by atoms with Crippen LogP contribution in [0.3, 0.4) is 0 Å². The number of pyridine rings is 1. The van der Waals surface area contributed by atoms with E-state index in [1.807, 2.05) is 37.3 Å². The molecule has 9 heteroatoms. The normalized spacial score (nSPS) is 12.0. The predicted molar refractivity (Wildman–Crippen MR) is 134 cm³/mol. The lowest BCUT2D eigenvalue weighted by atomic mass is 10.1. The van der Waals surface area contributed by atoms with E-state index in [1.165, 1.54) is 12.1 Å². The molecule has 3 aromatic rings. The summed E-state index contributed by atoms with van der Waals surface area (Å²) in [6, 6.07) is 14.7. The Morgan fingerprint density at radius 2 is 1.81 bits per heavy atom. The number of amides is 2. The van der Waals surface area contributed by atoms with E-state index >= 15 is 0 Å². The average molecular weight is 494 g/mol. The van der Waals surface area contributed by atoms with Gasteiger partial charge in [-0.05, 0) is 37.6 Å². The molecule has 2 amide bonds. The molecule has 0 saturated carbocycles. The van der Waals surface area contributed by atoms with Gasteiger partial charge in [-0.2, -0.15) is 0 Å². The van der Waals surface area contributed by atoms with E-state index in [2.05, 4.69) is 15.6 Å². The van der Waals surface area contributed by atoms with Crippen molar-refractivity contribution < 1.29 is 28.2 Å². The SMILES string of the molecule is CO/C(=C/c1nccc(Oc2ccc(NC(=O)C(=O)NCc3ccccc3)cc2F)c1C)C(C)OC. The second kappa shape index (κ2) is 12.5. The molecule has 188 valence electrons. The van der Waals surface area contributed by atoms with Gasteiger partial charge in [-0.3, -0.25) is 14.6 Å². The van der Waals surface area contributed by atoms with Crippen molar-refractivity contribution in [1.29, 1.82) is 0 Å². The average Bonchev–Trinajstić information content (AvgIpc) is 2.89. The molecule has 0 saturated heterocycles. The van der Waals surface area contributed by atoms with Gasteiger partial charge in [0.05, 0.1) is 12.8 Å². The first-order chi connectivity index (χ1) is 17.3. The van der Waals surface area contributed by atoms with E-state index in [-0.39, 0.29) is 24.1 Å². The van der Waals surface area contributed by atoms with Crippen molar-refractivity contribution in [2.75, 3.05) is 19.5 Å². The molecule has 0 spiro atoms. The van der Waals surface area contributed by atoms with Gasteiger partial charge in [0, 0.05) is 43.2 Å². The summed E-state index contributed by atoms with van der Waals surface area (Å²) in [7, 11) is 3.11. The standard InChI is InChI=1S/C27H28FN3O5/c1-17-22(15-25(35-4)18(2)34-3)29-13-12-23(17)36-24-11-10-20(14-21(24)28)31-27(33)26(32)30-16-19-8-6-5-7-9-19/h5-15,18H,16H2,1-4H3,(H,30,32)(H,31,33)/b25-15+. The molecule has 0 aliphatic carbocycles. The quantitative estimate of drug-likeness (QED) is 0.334. The third-order valence-electron chi connectivity index (χ3n) is 5.37. The highest BCUT2D eigenvalue weighted by Gasteiger charge is 2.16. The van der Waals surface area contributed by atoms with E-state index in [4.69, 9.17) is 14.2 Å². The summed E-state index contributed by atoms with van der Waals surface area (Å²) >= 11 is 0. The minimum Gasteiger partial charge on any atom is -0.498 e. The molecule has 0 bridgehead atoms. The zero-order valence-electron chi connectivity index (χ0n) is 20.5. The highest BCUT2D eigenvalue weighted by molar-refractivity contribution is 6.39. The van der Waals surface area contributed by atoms with Crippen molar-refractivity contribution in [3.05, 3.63) is 89.2 Å². The van der Waals surface area contributed by atoms with Crippen molar-refractivity contribution in [3.63, 3.8) is 0 Å². The summed E-state index contributed by atoms with van der Waals surface area (Å²) in [6.07, 6.45) is 2.99. The highest BCUT2D eigenvalue weighted by Crippen LogP contribution is 2.30. The highest BCUT2D eigenvalue weighted by atomic mass is 19.1. The Labute approximate surface area is 209 Å². The number of anilines is 1. The van der Waals surface area contributed by atoms with Gasteiger partial charge in [0.15, 0.2) is 11.6 Å². The van der Waals surface area contributed by atoms with Gasteiger partial charge in [-0.1, -0.05) is 30.3 Å². The number of nitrogens with one attached hydrogen (secondary N) is 2.